The molecule has 0 fully saturated rings. The predicted octanol–water partition coefficient (Wildman–Crippen LogP) is 3.26. The zero-order chi connectivity index (χ0) is 17.2. The minimum absolute atomic E-state index is 0.692. The fraction of sp³-hybridized carbons (Fsp3) is 0. The lowest BCUT2D eigenvalue weighted by Crippen LogP contribution is -2.03. The van der Waals surface area contributed by atoms with Crippen molar-refractivity contribution in [2.45, 2.75) is 0 Å². The number of rotatable bonds is 0. The molecule has 3 aromatic rings. The van der Waals surface area contributed by atoms with Crippen LogP contribution in [-0.2, 0) is 0 Å². The van der Waals surface area contributed by atoms with Crippen LogP contribution in [-0.4, -0.2) is 27.4 Å². The third-order valence-corrected chi connectivity index (χ3v) is 2.81. The molecule has 0 saturated heterocycles. The summed E-state index contributed by atoms with van der Waals surface area (Å²) in [6.07, 6.45) is 7.56. The van der Waals surface area contributed by atoms with Crippen molar-refractivity contribution < 1.29 is 14.7 Å². The van der Waals surface area contributed by atoms with Crippen molar-refractivity contribution in [3.05, 3.63) is 66.6 Å². The third-order valence-electron chi connectivity index (χ3n) is 2.81. The van der Waals surface area contributed by atoms with Gasteiger partial charge >= 0.3 is 6.09 Å². The number of H-pyrrole nitrogens is 1. The Morgan fingerprint density at radius 1 is 1.17 bits per heavy atom. The van der Waals surface area contributed by atoms with Crippen molar-refractivity contribution in [2.75, 3.05) is 0 Å². The molecule has 1 aromatic carbocycles. The molecule has 122 valence electrons. The van der Waals surface area contributed by atoms with E-state index < -0.39 is 6.09 Å². The van der Waals surface area contributed by atoms with E-state index in [4.69, 9.17) is 14.7 Å². The number of aromatic amines is 1. The molecule has 0 aliphatic carbocycles. The molecule has 7 heteroatoms. The molecule has 0 bridgehead atoms. The molecule has 0 atom stereocenters. The Bertz CT molecular complexity index is 821. The van der Waals surface area contributed by atoms with Crippen LogP contribution in [0, 0.1) is 0 Å². The van der Waals surface area contributed by atoms with Crippen LogP contribution in [0.4, 0.5) is 4.79 Å². The molecule has 1 amide bonds. The van der Waals surface area contributed by atoms with E-state index in [1.807, 2.05) is 36.5 Å². The number of carboxylic acid groups (broad SMARTS) is 1. The van der Waals surface area contributed by atoms with Gasteiger partial charge in [-0.3, -0.25) is 4.98 Å². The van der Waals surface area contributed by atoms with Crippen LogP contribution >= 0.6 is 0 Å². The molecular formula is C17H16N4O3. The lowest BCUT2D eigenvalue weighted by molar-refractivity contribution is 0.205. The van der Waals surface area contributed by atoms with Crippen LogP contribution < -0.4 is 10.6 Å². The van der Waals surface area contributed by atoms with Crippen LogP contribution in [0.3, 0.4) is 0 Å². The van der Waals surface area contributed by atoms with Gasteiger partial charge in [-0.15, -0.1) is 0 Å². The number of amides is 1. The van der Waals surface area contributed by atoms with Crippen molar-refractivity contribution >= 4 is 29.3 Å². The van der Waals surface area contributed by atoms with E-state index in [-0.39, 0.29) is 0 Å². The summed E-state index contributed by atoms with van der Waals surface area (Å²) < 4.78 is 0. The summed E-state index contributed by atoms with van der Waals surface area (Å²) in [4.78, 5) is 21.0. The molecule has 0 unspecified atom stereocenters. The van der Waals surface area contributed by atoms with E-state index in [1.165, 1.54) is 10.9 Å². The number of nitrogens with one attached hydrogen (secondary N) is 1. The summed E-state index contributed by atoms with van der Waals surface area (Å²) in [5.41, 5.74) is 6.04. The van der Waals surface area contributed by atoms with E-state index in [0.717, 1.165) is 5.69 Å². The normalized spacial score (nSPS) is 11.0. The number of pyridine rings is 1. The number of nitrogens with zero attached hydrogens (tertiary/aromatic N) is 2. The summed E-state index contributed by atoms with van der Waals surface area (Å²) in [5.74, 6) is 0.692. The largest absolute Gasteiger partial charge is 0.465 e. The van der Waals surface area contributed by atoms with Gasteiger partial charge in [-0.1, -0.05) is 23.4 Å². The highest BCUT2D eigenvalue weighted by Crippen LogP contribution is 2.17. The highest BCUT2D eigenvalue weighted by molar-refractivity contribution is 5.79. The van der Waals surface area contributed by atoms with Crippen LogP contribution in [0.25, 0.3) is 17.0 Å². The summed E-state index contributed by atoms with van der Waals surface area (Å²) in [6, 6.07) is 13.9. The summed E-state index contributed by atoms with van der Waals surface area (Å²) in [6.45, 7) is 0. The Morgan fingerprint density at radius 3 is 2.75 bits per heavy atom. The van der Waals surface area contributed by atoms with Gasteiger partial charge in [-0.2, -0.15) is 0 Å². The molecule has 3 heterocycles. The zero-order valence-electron chi connectivity index (χ0n) is 12.7. The second-order valence-corrected chi connectivity index (χ2v) is 4.49. The molecular weight excluding hydrogens is 308 g/mol. The van der Waals surface area contributed by atoms with E-state index in [9.17, 15) is 0 Å². The lowest BCUT2D eigenvalue weighted by atomic mass is 10.3. The average Bonchev–Trinajstić information content (AvgIpc) is 2.92. The van der Waals surface area contributed by atoms with Gasteiger partial charge < -0.3 is 20.7 Å². The quantitative estimate of drug-likeness (QED) is 0.589. The van der Waals surface area contributed by atoms with E-state index in [0.29, 0.717) is 5.75 Å². The maximum Gasteiger partial charge on any atom is 0.402 e. The highest BCUT2D eigenvalue weighted by atomic mass is 16.6. The monoisotopic (exact) mass is 324 g/mol. The van der Waals surface area contributed by atoms with Gasteiger partial charge in [-0.25, -0.2) is 4.79 Å². The topological polar surface area (TPSA) is 114 Å². The number of oxime groups is 1. The van der Waals surface area contributed by atoms with Crippen LogP contribution in [0.2, 0.25) is 0 Å². The Morgan fingerprint density at radius 2 is 1.96 bits per heavy atom. The molecule has 0 saturated carbocycles. The smallest absolute Gasteiger partial charge is 0.402 e. The first-order chi connectivity index (χ1) is 11.7. The molecule has 4 N–H and O–H groups in total. The van der Waals surface area contributed by atoms with Gasteiger partial charge in [0.15, 0.2) is 5.75 Å². The van der Waals surface area contributed by atoms with Crippen LogP contribution in [0.15, 0.2) is 66.1 Å². The number of fused-ring (bicyclic) bond motifs is 2. The van der Waals surface area contributed by atoms with Crippen molar-refractivity contribution in [3.8, 4) is 5.75 Å². The number of para-hydroxylation sites is 1. The second kappa shape index (κ2) is 8.74. The minimum Gasteiger partial charge on any atom is -0.465 e. The standard InChI is InChI=1S/C8H6N2O.C8H7N.CH3NO2/c1-3-7-8(11-10-6-1)4-2-5-9-7;1-2-4-8-7(3-1)5-6-9-8;2-1(3)4/h1-6H;1-6,9H;2H2,(H,3,4). The first-order valence-electron chi connectivity index (χ1n) is 6.99. The second-order valence-electron chi connectivity index (χ2n) is 4.49. The fourth-order valence-corrected chi connectivity index (χ4v) is 1.86. The molecule has 24 heavy (non-hydrogen) atoms. The Hall–Kier alpha value is -3.61. The third kappa shape index (κ3) is 5.30. The summed E-state index contributed by atoms with van der Waals surface area (Å²) >= 11 is 0. The number of hydrogen-bond acceptors (Lipinski definition) is 4. The number of carbonyl (C=O) groups is 1. The number of primary amides is 1. The number of nitrogens with two attached hydrogens (primary N) is 1. The van der Waals surface area contributed by atoms with Crippen LogP contribution in [0.1, 0.15) is 5.69 Å². The highest BCUT2D eigenvalue weighted by Gasteiger charge is 2.01. The Kier molecular flexibility index (Phi) is 6.10. The Balaban J connectivity index is 0.000000145. The number of hydrogen-bond donors (Lipinski definition) is 3. The number of allylic oxidation sites excluding steroid dienone is 1. The summed E-state index contributed by atoms with van der Waals surface area (Å²) in [5, 5.41) is 12.1. The van der Waals surface area contributed by atoms with Crippen molar-refractivity contribution in [1.82, 2.24) is 9.97 Å². The van der Waals surface area contributed by atoms with Gasteiger partial charge in [0, 0.05) is 17.9 Å². The van der Waals surface area contributed by atoms with Gasteiger partial charge in [0.2, 0.25) is 0 Å². The zero-order valence-corrected chi connectivity index (χ0v) is 12.7. The van der Waals surface area contributed by atoms with Gasteiger partial charge in [0.1, 0.15) is 5.69 Å². The van der Waals surface area contributed by atoms with E-state index in [1.54, 1.807) is 18.5 Å². The molecule has 0 spiro atoms. The Labute approximate surface area is 138 Å². The first-order valence-corrected chi connectivity index (χ1v) is 6.99. The molecule has 7 nitrogen and oxygen atoms in total. The van der Waals surface area contributed by atoms with Gasteiger partial charge in [0.25, 0.3) is 0 Å². The summed E-state index contributed by atoms with van der Waals surface area (Å²) in [7, 11) is 0. The van der Waals surface area contributed by atoms with Crippen molar-refractivity contribution in [2.24, 2.45) is 10.9 Å². The van der Waals surface area contributed by atoms with Crippen molar-refractivity contribution in [3.63, 3.8) is 0 Å². The van der Waals surface area contributed by atoms with Gasteiger partial charge in [0.05, 0.1) is 6.21 Å². The number of benzene rings is 1. The maximum absolute atomic E-state index is 8.78. The molecule has 1 aliphatic rings. The molecule has 0 radical (unpaired) electrons. The predicted molar refractivity (Wildman–Crippen MR) is 92.9 cm³/mol. The number of aromatic nitrogens is 2. The SMILES string of the molecule is C1=Cc2ncccc2ON=C1.NC(=O)O.c1ccc2[nH]ccc2c1. The minimum atomic E-state index is -1.33. The molecule has 1 aliphatic heterocycles. The average molecular weight is 324 g/mol. The first kappa shape index (κ1) is 16.8. The fourth-order valence-electron chi connectivity index (χ4n) is 1.86. The van der Waals surface area contributed by atoms with Crippen LogP contribution in [0.5, 0.6) is 5.75 Å². The van der Waals surface area contributed by atoms with E-state index >= 15 is 0 Å². The van der Waals surface area contributed by atoms with Crippen molar-refractivity contribution in [1.29, 1.82) is 0 Å². The molecule has 4 rings (SSSR count). The van der Waals surface area contributed by atoms with Gasteiger partial charge in [-0.05, 0) is 41.8 Å². The lowest BCUT2D eigenvalue weighted by Gasteiger charge is -1.97. The molecule has 2 aromatic heterocycles. The van der Waals surface area contributed by atoms with E-state index in [2.05, 4.69) is 39.1 Å². The maximum atomic E-state index is 8.78.